The minimum Gasteiger partial charge on any atom is -0.390 e. The minimum absolute atomic E-state index is 0.0440. The first-order valence-electron chi connectivity index (χ1n) is 7.16. The van der Waals surface area contributed by atoms with Gasteiger partial charge in [0.25, 0.3) is 0 Å². The molecule has 0 radical (unpaired) electrons. The molecule has 0 fully saturated rings. The number of thioether (sulfide) groups is 1. The lowest BCUT2D eigenvalue weighted by Gasteiger charge is -2.08. The Labute approximate surface area is 134 Å². The summed E-state index contributed by atoms with van der Waals surface area (Å²) in [6.45, 7) is 0.651. The van der Waals surface area contributed by atoms with E-state index >= 15 is 0 Å². The van der Waals surface area contributed by atoms with Crippen LogP contribution in [0, 0.1) is 0 Å². The first-order chi connectivity index (χ1) is 10.8. The monoisotopic (exact) mass is 310 g/mol. The van der Waals surface area contributed by atoms with Gasteiger partial charge in [0.1, 0.15) is 0 Å². The van der Waals surface area contributed by atoms with Gasteiger partial charge in [-0.1, -0.05) is 42.5 Å². The Morgan fingerprint density at radius 3 is 2.41 bits per heavy atom. The van der Waals surface area contributed by atoms with Gasteiger partial charge in [0, 0.05) is 4.90 Å². The molecule has 1 heterocycles. The summed E-state index contributed by atoms with van der Waals surface area (Å²) in [6, 6.07) is 20.6. The molecular weight excluding hydrogens is 292 g/mol. The smallest absolute Gasteiger partial charge is 0.0885 e. The molecule has 3 rings (SSSR count). The van der Waals surface area contributed by atoms with Crippen LogP contribution in [0.4, 0.5) is 0 Å². The Morgan fingerprint density at radius 2 is 1.77 bits per heavy atom. The van der Waals surface area contributed by atoms with Crippen molar-refractivity contribution < 1.29 is 5.11 Å². The first-order valence-corrected chi connectivity index (χ1v) is 8.38. The minimum atomic E-state index is -0.0440. The fourth-order valence-electron chi connectivity index (χ4n) is 2.42. The normalized spacial score (nSPS) is 10.8. The third kappa shape index (κ3) is 3.24. The summed E-state index contributed by atoms with van der Waals surface area (Å²) in [5.74, 6) is 0. The van der Waals surface area contributed by atoms with E-state index in [0.29, 0.717) is 12.2 Å². The maximum atomic E-state index is 9.39. The molecule has 4 heteroatoms. The molecule has 22 heavy (non-hydrogen) atoms. The van der Waals surface area contributed by atoms with E-state index in [0.717, 1.165) is 11.3 Å². The van der Waals surface area contributed by atoms with E-state index < -0.39 is 0 Å². The fourth-order valence-corrected chi connectivity index (χ4v) is 2.83. The molecule has 0 atom stereocenters. The summed E-state index contributed by atoms with van der Waals surface area (Å²) in [7, 11) is 0. The van der Waals surface area contributed by atoms with Crippen molar-refractivity contribution in [3.63, 3.8) is 0 Å². The number of aliphatic hydroxyl groups excluding tert-OH is 1. The Balaban J connectivity index is 1.97. The molecule has 112 valence electrons. The highest BCUT2D eigenvalue weighted by atomic mass is 32.2. The van der Waals surface area contributed by atoms with Crippen molar-refractivity contribution >= 4 is 11.8 Å². The standard InChI is InChI=1S/C18H18N2OS/c1-22-17-9-7-15(8-10-17)18-11-16(13-21)19-20(18)12-14-5-3-2-4-6-14/h2-11,21H,12-13H2,1H3. The topological polar surface area (TPSA) is 38.1 Å². The van der Waals surface area contributed by atoms with Gasteiger partial charge in [0.2, 0.25) is 0 Å². The fraction of sp³-hybridized carbons (Fsp3) is 0.167. The van der Waals surface area contributed by atoms with E-state index in [4.69, 9.17) is 0 Å². The molecule has 0 aliphatic rings. The number of aliphatic hydroxyl groups is 1. The van der Waals surface area contributed by atoms with Gasteiger partial charge in [-0.15, -0.1) is 11.8 Å². The lowest BCUT2D eigenvalue weighted by Crippen LogP contribution is -2.04. The van der Waals surface area contributed by atoms with Gasteiger partial charge >= 0.3 is 0 Å². The van der Waals surface area contributed by atoms with Crippen molar-refractivity contribution in [1.29, 1.82) is 0 Å². The van der Waals surface area contributed by atoms with Crippen LogP contribution in [0.5, 0.6) is 0 Å². The van der Waals surface area contributed by atoms with Gasteiger partial charge in [0.15, 0.2) is 0 Å². The van der Waals surface area contributed by atoms with Gasteiger partial charge < -0.3 is 5.11 Å². The van der Waals surface area contributed by atoms with E-state index in [1.165, 1.54) is 10.5 Å². The Kier molecular flexibility index (Phi) is 4.61. The van der Waals surface area contributed by atoms with Crippen molar-refractivity contribution in [2.24, 2.45) is 0 Å². The molecule has 0 saturated carbocycles. The van der Waals surface area contributed by atoms with Crippen LogP contribution in [0.25, 0.3) is 11.3 Å². The summed E-state index contributed by atoms with van der Waals surface area (Å²) in [4.78, 5) is 1.24. The molecule has 0 unspecified atom stereocenters. The number of nitrogens with zero attached hydrogens (tertiary/aromatic N) is 2. The van der Waals surface area contributed by atoms with Gasteiger partial charge in [-0.25, -0.2) is 0 Å². The highest BCUT2D eigenvalue weighted by Gasteiger charge is 2.10. The predicted octanol–water partition coefficient (Wildman–Crippen LogP) is 3.81. The zero-order chi connectivity index (χ0) is 15.4. The van der Waals surface area contributed by atoms with Gasteiger partial charge in [-0.3, -0.25) is 4.68 Å². The van der Waals surface area contributed by atoms with E-state index in [1.54, 1.807) is 11.8 Å². The van der Waals surface area contributed by atoms with Crippen LogP contribution in [0.2, 0.25) is 0 Å². The lowest BCUT2D eigenvalue weighted by atomic mass is 10.1. The highest BCUT2D eigenvalue weighted by Crippen LogP contribution is 2.24. The third-order valence-corrected chi connectivity index (χ3v) is 4.30. The molecule has 2 aromatic carbocycles. The summed E-state index contributed by atoms with van der Waals surface area (Å²) >= 11 is 1.73. The second-order valence-corrected chi connectivity index (χ2v) is 5.93. The van der Waals surface area contributed by atoms with Crippen molar-refractivity contribution in [2.45, 2.75) is 18.0 Å². The summed E-state index contributed by atoms with van der Waals surface area (Å²) < 4.78 is 1.95. The summed E-state index contributed by atoms with van der Waals surface area (Å²) in [5.41, 5.74) is 4.03. The maximum Gasteiger partial charge on any atom is 0.0885 e. The van der Waals surface area contributed by atoms with Crippen molar-refractivity contribution in [3.05, 3.63) is 71.9 Å². The zero-order valence-electron chi connectivity index (χ0n) is 12.4. The van der Waals surface area contributed by atoms with E-state index in [2.05, 4.69) is 47.8 Å². The molecular formula is C18H18N2OS. The largest absolute Gasteiger partial charge is 0.390 e. The summed E-state index contributed by atoms with van der Waals surface area (Å²) in [5, 5.41) is 13.9. The maximum absolute atomic E-state index is 9.39. The SMILES string of the molecule is CSc1ccc(-c2cc(CO)nn2Cc2ccccc2)cc1. The second kappa shape index (κ2) is 6.81. The van der Waals surface area contributed by atoms with Gasteiger partial charge in [0.05, 0.1) is 24.5 Å². The number of hydrogen-bond donors (Lipinski definition) is 1. The molecule has 0 spiro atoms. The van der Waals surface area contributed by atoms with Crippen LogP contribution in [-0.4, -0.2) is 21.1 Å². The molecule has 0 aliphatic heterocycles. The number of aromatic nitrogens is 2. The van der Waals surface area contributed by atoms with Gasteiger partial charge in [-0.05, 0) is 35.6 Å². The Bertz CT molecular complexity index is 736. The molecule has 1 aromatic heterocycles. The Morgan fingerprint density at radius 1 is 1.05 bits per heavy atom. The lowest BCUT2D eigenvalue weighted by molar-refractivity contribution is 0.275. The molecule has 0 bridgehead atoms. The van der Waals surface area contributed by atoms with Crippen LogP contribution < -0.4 is 0 Å². The van der Waals surface area contributed by atoms with Gasteiger partial charge in [-0.2, -0.15) is 5.10 Å². The summed E-state index contributed by atoms with van der Waals surface area (Å²) in [6.07, 6.45) is 2.07. The van der Waals surface area contributed by atoms with E-state index in [1.807, 2.05) is 28.9 Å². The quantitative estimate of drug-likeness (QED) is 0.728. The average Bonchev–Trinajstić information content (AvgIpc) is 2.99. The van der Waals surface area contributed by atoms with Crippen LogP contribution in [-0.2, 0) is 13.2 Å². The highest BCUT2D eigenvalue weighted by molar-refractivity contribution is 7.98. The average molecular weight is 310 g/mol. The van der Waals surface area contributed by atoms with Crippen LogP contribution >= 0.6 is 11.8 Å². The van der Waals surface area contributed by atoms with Crippen LogP contribution in [0.1, 0.15) is 11.3 Å². The van der Waals surface area contributed by atoms with E-state index in [9.17, 15) is 5.11 Å². The molecule has 0 aliphatic carbocycles. The molecule has 0 amide bonds. The molecule has 3 aromatic rings. The van der Waals surface area contributed by atoms with Crippen molar-refractivity contribution in [1.82, 2.24) is 9.78 Å². The first kappa shape index (κ1) is 14.9. The van der Waals surface area contributed by atoms with Crippen molar-refractivity contribution in [3.8, 4) is 11.3 Å². The number of hydrogen-bond acceptors (Lipinski definition) is 3. The van der Waals surface area contributed by atoms with E-state index in [-0.39, 0.29) is 6.61 Å². The van der Waals surface area contributed by atoms with Crippen LogP contribution in [0.15, 0.2) is 65.6 Å². The van der Waals surface area contributed by atoms with Crippen LogP contribution in [0.3, 0.4) is 0 Å². The van der Waals surface area contributed by atoms with Crippen molar-refractivity contribution in [2.75, 3.05) is 6.26 Å². The second-order valence-electron chi connectivity index (χ2n) is 5.05. The number of benzene rings is 2. The zero-order valence-corrected chi connectivity index (χ0v) is 13.3. The molecule has 1 N–H and O–H groups in total. The third-order valence-electron chi connectivity index (χ3n) is 3.55. The predicted molar refractivity (Wildman–Crippen MR) is 90.9 cm³/mol. The number of rotatable bonds is 5. The molecule has 3 nitrogen and oxygen atoms in total. The Hall–Kier alpha value is -2.04. The molecule has 0 saturated heterocycles.